The van der Waals surface area contributed by atoms with Crippen LogP contribution in [0.3, 0.4) is 0 Å². The minimum Gasteiger partial charge on any atom is -0.497 e. The van der Waals surface area contributed by atoms with Crippen LogP contribution in [0.2, 0.25) is 5.02 Å². The molecular weight excluding hydrogens is 310 g/mol. The molecule has 0 amide bonds. The molecule has 4 nitrogen and oxygen atoms in total. The number of nitrogens with two attached hydrogens (primary N) is 1. The first-order valence-corrected chi connectivity index (χ1v) is 7.75. The molecule has 23 heavy (non-hydrogen) atoms. The summed E-state index contributed by atoms with van der Waals surface area (Å²) in [6.45, 7) is 4.82. The third kappa shape index (κ3) is 4.89. The van der Waals surface area contributed by atoms with Gasteiger partial charge >= 0.3 is 0 Å². The number of hydrogen-bond acceptors (Lipinski definition) is 2. The first kappa shape index (κ1) is 17.2. The standard InChI is InChI=1S/C18H22ClN3O/c1-18(2,13-4-6-14(19)7-5-13)12-21-17(20)22-15-8-10-16(23-3)11-9-15/h4-11H,12H2,1-3H3,(H3,20,21,22). The van der Waals surface area contributed by atoms with Crippen LogP contribution in [0.1, 0.15) is 19.4 Å². The molecule has 122 valence electrons. The number of aliphatic imine (C=N–C) groups is 1. The van der Waals surface area contributed by atoms with Crippen molar-refractivity contribution in [3.63, 3.8) is 0 Å². The van der Waals surface area contributed by atoms with E-state index < -0.39 is 0 Å². The Kier molecular flexibility index (Phi) is 5.50. The van der Waals surface area contributed by atoms with Crippen LogP contribution in [0.4, 0.5) is 5.69 Å². The Morgan fingerprint density at radius 1 is 1.13 bits per heavy atom. The van der Waals surface area contributed by atoms with Crippen molar-refractivity contribution in [1.82, 2.24) is 0 Å². The summed E-state index contributed by atoms with van der Waals surface area (Å²) >= 11 is 5.93. The fraction of sp³-hybridized carbons (Fsp3) is 0.278. The van der Waals surface area contributed by atoms with Gasteiger partial charge in [0.2, 0.25) is 0 Å². The molecule has 0 bridgehead atoms. The lowest BCUT2D eigenvalue weighted by Crippen LogP contribution is -2.27. The molecule has 2 aromatic carbocycles. The SMILES string of the molecule is COc1ccc(NC(N)=NCC(C)(C)c2ccc(Cl)cc2)cc1. The van der Waals surface area contributed by atoms with Crippen molar-refractivity contribution < 1.29 is 4.74 Å². The number of methoxy groups -OCH3 is 1. The first-order chi connectivity index (χ1) is 10.9. The van der Waals surface area contributed by atoms with Gasteiger partial charge < -0.3 is 15.8 Å². The summed E-state index contributed by atoms with van der Waals surface area (Å²) in [5.74, 6) is 1.19. The minimum absolute atomic E-state index is 0.128. The van der Waals surface area contributed by atoms with Gasteiger partial charge in [-0.25, -0.2) is 0 Å². The zero-order valence-electron chi connectivity index (χ0n) is 13.6. The summed E-state index contributed by atoms with van der Waals surface area (Å²) in [7, 11) is 1.64. The van der Waals surface area contributed by atoms with Crippen molar-refractivity contribution in [2.24, 2.45) is 10.7 Å². The van der Waals surface area contributed by atoms with Crippen molar-refractivity contribution in [1.29, 1.82) is 0 Å². The lowest BCUT2D eigenvalue weighted by molar-refractivity contribution is 0.415. The van der Waals surface area contributed by atoms with Gasteiger partial charge in [0.15, 0.2) is 5.96 Å². The molecule has 0 aliphatic carbocycles. The van der Waals surface area contributed by atoms with Gasteiger partial charge in [0, 0.05) is 16.1 Å². The predicted octanol–water partition coefficient (Wildman–Crippen LogP) is 4.05. The van der Waals surface area contributed by atoms with Crippen LogP contribution in [-0.2, 0) is 5.41 Å². The van der Waals surface area contributed by atoms with E-state index in [9.17, 15) is 0 Å². The Hall–Kier alpha value is -2.20. The van der Waals surface area contributed by atoms with Crippen molar-refractivity contribution in [3.8, 4) is 5.75 Å². The molecule has 0 unspecified atom stereocenters. The number of halogens is 1. The highest BCUT2D eigenvalue weighted by Gasteiger charge is 2.20. The second-order valence-electron chi connectivity index (χ2n) is 5.95. The molecule has 3 N–H and O–H groups in total. The zero-order valence-corrected chi connectivity index (χ0v) is 14.4. The number of ether oxygens (including phenoxy) is 1. The summed E-state index contributed by atoms with van der Waals surface area (Å²) < 4.78 is 5.13. The molecule has 5 heteroatoms. The van der Waals surface area contributed by atoms with Gasteiger partial charge in [-0.1, -0.05) is 37.6 Å². The van der Waals surface area contributed by atoms with Gasteiger partial charge in [-0.15, -0.1) is 0 Å². The summed E-state index contributed by atoms with van der Waals surface area (Å²) in [4.78, 5) is 4.45. The highest BCUT2D eigenvalue weighted by molar-refractivity contribution is 6.30. The maximum atomic E-state index is 5.97. The van der Waals surface area contributed by atoms with Crippen molar-refractivity contribution >= 4 is 23.2 Å². The quantitative estimate of drug-likeness (QED) is 0.641. The summed E-state index contributed by atoms with van der Waals surface area (Å²) in [5, 5.41) is 3.81. The summed E-state index contributed by atoms with van der Waals surface area (Å²) in [5.41, 5.74) is 7.88. The average Bonchev–Trinajstić information content (AvgIpc) is 2.54. The van der Waals surface area contributed by atoms with E-state index in [1.54, 1.807) is 7.11 Å². The molecule has 0 spiro atoms. The van der Waals surface area contributed by atoms with Gasteiger partial charge in [-0.05, 0) is 42.0 Å². The number of hydrogen-bond donors (Lipinski definition) is 2. The number of anilines is 1. The van der Waals surface area contributed by atoms with Crippen LogP contribution >= 0.6 is 11.6 Å². The average molecular weight is 332 g/mol. The van der Waals surface area contributed by atoms with Crippen LogP contribution in [0.15, 0.2) is 53.5 Å². The van der Waals surface area contributed by atoms with E-state index in [2.05, 4.69) is 24.2 Å². The van der Waals surface area contributed by atoms with Gasteiger partial charge in [0.25, 0.3) is 0 Å². The molecule has 0 saturated heterocycles. The molecule has 0 aliphatic heterocycles. The Labute approximate surface area is 142 Å². The smallest absolute Gasteiger partial charge is 0.193 e. The molecule has 0 aromatic heterocycles. The molecule has 0 fully saturated rings. The molecule has 0 radical (unpaired) electrons. The van der Waals surface area contributed by atoms with Crippen LogP contribution in [0, 0.1) is 0 Å². The molecule has 2 rings (SSSR count). The van der Waals surface area contributed by atoms with E-state index in [1.807, 2.05) is 48.5 Å². The maximum absolute atomic E-state index is 5.97. The van der Waals surface area contributed by atoms with Crippen molar-refractivity contribution in [2.75, 3.05) is 19.0 Å². The summed E-state index contributed by atoms with van der Waals surface area (Å²) in [6.07, 6.45) is 0. The normalized spacial score (nSPS) is 12.1. The number of nitrogens with zero attached hydrogens (tertiary/aromatic N) is 1. The highest BCUT2D eigenvalue weighted by atomic mass is 35.5. The molecular formula is C18H22ClN3O. The fourth-order valence-corrected chi connectivity index (χ4v) is 2.26. The van der Waals surface area contributed by atoms with Gasteiger partial charge in [-0.2, -0.15) is 0 Å². The second-order valence-corrected chi connectivity index (χ2v) is 6.38. The number of guanidine groups is 1. The fourth-order valence-electron chi connectivity index (χ4n) is 2.14. The van der Waals surface area contributed by atoms with E-state index >= 15 is 0 Å². The Balaban J connectivity index is 2.01. The maximum Gasteiger partial charge on any atom is 0.193 e. The molecule has 0 atom stereocenters. The third-order valence-electron chi connectivity index (χ3n) is 3.63. The van der Waals surface area contributed by atoms with Crippen LogP contribution in [0.25, 0.3) is 0 Å². The molecule has 2 aromatic rings. The van der Waals surface area contributed by atoms with Crippen molar-refractivity contribution in [2.45, 2.75) is 19.3 Å². The second kappa shape index (κ2) is 7.38. The number of benzene rings is 2. The first-order valence-electron chi connectivity index (χ1n) is 7.38. The Bertz CT molecular complexity index is 664. The Morgan fingerprint density at radius 2 is 1.74 bits per heavy atom. The van der Waals surface area contributed by atoms with Crippen LogP contribution in [0.5, 0.6) is 5.75 Å². The topological polar surface area (TPSA) is 59.6 Å². The predicted molar refractivity (Wildman–Crippen MR) is 97.6 cm³/mol. The number of rotatable bonds is 5. The number of nitrogens with one attached hydrogen (secondary N) is 1. The molecule has 0 aliphatic rings. The van der Waals surface area contributed by atoms with E-state index in [4.69, 9.17) is 22.1 Å². The van der Waals surface area contributed by atoms with Gasteiger partial charge in [0.05, 0.1) is 13.7 Å². The lowest BCUT2D eigenvalue weighted by atomic mass is 9.85. The van der Waals surface area contributed by atoms with E-state index in [1.165, 1.54) is 5.56 Å². The van der Waals surface area contributed by atoms with Crippen LogP contribution in [-0.4, -0.2) is 19.6 Å². The molecule has 0 heterocycles. The highest BCUT2D eigenvalue weighted by Crippen LogP contribution is 2.25. The third-order valence-corrected chi connectivity index (χ3v) is 3.88. The van der Waals surface area contributed by atoms with Crippen LogP contribution < -0.4 is 15.8 Å². The zero-order chi connectivity index (χ0) is 16.9. The molecule has 0 saturated carbocycles. The van der Waals surface area contributed by atoms with Crippen molar-refractivity contribution in [3.05, 3.63) is 59.1 Å². The lowest BCUT2D eigenvalue weighted by Gasteiger charge is -2.23. The minimum atomic E-state index is -0.128. The van der Waals surface area contributed by atoms with E-state index in [0.717, 1.165) is 16.5 Å². The van der Waals surface area contributed by atoms with Gasteiger partial charge in [0.1, 0.15) is 5.75 Å². The monoisotopic (exact) mass is 331 g/mol. The Morgan fingerprint density at radius 3 is 2.30 bits per heavy atom. The van der Waals surface area contributed by atoms with Gasteiger partial charge in [-0.3, -0.25) is 4.99 Å². The van der Waals surface area contributed by atoms with E-state index in [-0.39, 0.29) is 5.41 Å². The van der Waals surface area contributed by atoms with E-state index in [0.29, 0.717) is 12.5 Å². The summed E-state index contributed by atoms with van der Waals surface area (Å²) in [6, 6.07) is 15.3. The largest absolute Gasteiger partial charge is 0.497 e.